The maximum absolute atomic E-state index is 12.9. The molecule has 0 unspecified atom stereocenters. The van der Waals surface area contributed by atoms with Crippen molar-refractivity contribution in [3.63, 3.8) is 0 Å². The number of phenols is 1. The number of benzene rings is 1. The zero-order valence-electron chi connectivity index (χ0n) is 6.76. The van der Waals surface area contributed by atoms with Gasteiger partial charge in [-0.1, -0.05) is 11.6 Å². The van der Waals surface area contributed by atoms with Crippen molar-refractivity contribution in [3.8, 4) is 5.75 Å². The summed E-state index contributed by atoms with van der Waals surface area (Å²) in [6.07, 6.45) is 1.47. The maximum Gasteiger partial charge on any atom is 2.00 e. The number of fused-ring (bicyclic) bond motifs is 1. The van der Waals surface area contributed by atoms with Gasteiger partial charge in [0.25, 0.3) is 0 Å². The van der Waals surface area contributed by atoms with Gasteiger partial charge in [0.2, 0.25) is 0 Å². The Morgan fingerprint density at radius 3 is 2.86 bits per heavy atom. The van der Waals surface area contributed by atoms with Gasteiger partial charge in [0.05, 0.1) is 5.02 Å². The van der Waals surface area contributed by atoms with E-state index in [0.29, 0.717) is 5.39 Å². The molecule has 0 atom stereocenters. The molecule has 0 saturated carbocycles. The van der Waals surface area contributed by atoms with Gasteiger partial charge >= 0.3 is 17.1 Å². The van der Waals surface area contributed by atoms with Crippen molar-refractivity contribution in [1.29, 1.82) is 0 Å². The molecule has 14 heavy (non-hydrogen) atoms. The second kappa shape index (κ2) is 4.13. The van der Waals surface area contributed by atoms with Crippen LogP contribution >= 0.6 is 11.6 Å². The monoisotopic (exact) mass is 259 g/mol. The number of hydrogen-bond donors (Lipinski definition) is 1. The van der Waals surface area contributed by atoms with Crippen LogP contribution in [0, 0.1) is 5.82 Å². The average molecular weight is 260 g/mol. The van der Waals surface area contributed by atoms with Crippen LogP contribution in [0.1, 0.15) is 0 Å². The second-order valence-corrected chi connectivity index (χ2v) is 3.00. The van der Waals surface area contributed by atoms with Gasteiger partial charge in [-0.15, -0.1) is 0 Å². The SMILES string of the molecule is Oc1c([18F])cc(Cl)c2cccnc12.[Cu+2]. The molecule has 1 heterocycles. The number of hydrogen-bond acceptors (Lipinski definition) is 2. The van der Waals surface area contributed by atoms with Crippen molar-refractivity contribution in [2.45, 2.75) is 0 Å². The first kappa shape index (κ1) is 11.2. The van der Waals surface area contributed by atoms with Crippen LogP contribution in [0.25, 0.3) is 10.9 Å². The summed E-state index contributed by atoms with van der Waals surface area (Å²) in [5.41, 5.74) is 0.188. The van der Waals surface area contributed by atoms with Crippen molar-refractivity contribution < 1.29 is 26.6 Å². The van der Waals surface area contributed by atoms with Gasteiger partial charge in [0.15, 0.2) is 11.6 Å². The first-order valence-electron chi connectivity index (χ1n) is 3.62. The van der Waals surface area contributed by atoms with Crippen LogP contribution in [0.3, 0.4) is 0 Å². The first-order chi connectivity index (χ1) is 6.20. The van der Waals surface area contributed by atoms with E-state index in [4.69, 9.17) is 11.6 Å². The molecule has 0 amide bonds. The molecule has 0 fully saturated rings. The zero-order valence-corrected chi connectivity index (χ0v) is 8.46. The maximum atomic E-state index is 12.9. The van der Waals surface area contributed by atoms with Crippen molar-refractivity contribution in [2.24, 2.45) is 0 Å². The Kier molecular flexibility index (Phi) is 3.32. The van der Waals surface area contributed by atoms with Crippen LogP contribution in [0.5, 0.6) is 5.75 Å². The summed E-state index contributed by atoms with van der Waals surface area (Å²) in [5, 5.41) is 10.1. The van der Waals surface area contributed by atoms with Crippen molar-refractivity contribution in [3.05, 3.63) is 35.2 Å². The summed E-state index contributed by atoms with van der Waals surface area (Å²) in [6.45, 7) is 0. The quantitative estimate of drug-likeness (QED) is 0.739. The van der Waals surface area contributed by atoms with E-state index in [0.717, 1.165) is 6.07 Å². The Labute approximate surface area is 95.2 Å². The van der Waals surface area contributed by atoms with Crippen molar-refractivity contribution >= 4 is 22.5 Å². The van der Waals surface area contributed by atoms with E-state index in [2.05, 4.69) is 4.98 Å². The molecule has 0 saturated heterocycles. The number of nitrogens with zero attached hydrogens (tertiary/aromatic N) is 1. The van der Waals surface area contributed by atoms with Gasteiger partial charge < -0.3 is 5.11 Å². The molecule has 2 aromatic rings. The molecule has 0 bridgehead atoms. The molecule has 1 aromatic heterocycles. The molecule has 0 aliphatic carbocycles. The summed E-state index contributed by atoms with van der Waals surface area (Å²) >= 11 is 5.74. The van der Waals surface area contributed by atoms with E-state index in [1.165, 1.54) is 6.20 Å². The summed E-state index contributed by atoms with van der Waals surface area (Å²) in [5.74, 6) is -1.21. The van der Waals surface area contributed by atoms with Crippen LogP contribution in [0.15, 0.2) is 24.4 Å². The number of aromatic hydroxyl groups is 1. The molecule has 1 aromatic carbocycles. The largest absolute Gasteiger partial charge is 2.00 e. The Morgan fingerprint density at radius 2 is 2.14 bits per heavy atom. The third-order valence-corrected chi connectivity index (χ3v) is 2.08. The Hall–Kier alpha value is -0.831. The second-order valence-electron chi connectivity index (χ2n) is 2.59. The molecule has 1 N–H and O–H groups in total. The molecular formula is C9H5ClCuFNO+2. The first-order valence-corrected chi connectivity index (χ1v) is 3.99. The van der Waals surface area contributed by atoms with Crippen LogP contribution < -0.4 is 0 Å². The molecule has 5 heteroatoms. The van der Waals surface area contributed by atoms with Crippen LogP contribution in [-0.4, -0.2) is 10.1 Å². The van der Waals surface area contributed by atoms with Gasteiger partial charge in [0.1, 0.15) is 5.52 Å². The van der Waals surface area contributed by atoms with E-state index in [1.54, 1.807) is 12.1 Å². The van der Waals surface area contributed by atoms with Crippen LogP contribution in [0.2, 0.25) is 5.02 Å². The number of rotatable bonds is 0. The van der Waals surface area contributed by atoms with E-state index in [-0.39, 0.29) is 27.6 Å². The van der Waals surface area contributed by atoms with Gasteiger partial charge in [-0.2, -0.15) is 0 Å². The fourth-order valence-corrected chi connectivity index (χ4v) is 1.41. The van der Waals surface area contributed by atoms with Crippen LogP contribution in [0.4, 0.5) is 4.39 Å². The van der Waals surface area contributed by atoms with Crippen LogP contribution in [-0.2, 0) is 17.1 Å². The van der Waals surface area contributed by atoms with Gasteiger partial charge in [-0.25, -0.2) is 4.39 Å². The molecule has 0 aliphatic rings. The topological polar surface area (TPSA) is 33.1 Å². The molecule has 0 spiro atoms. The smallest absolute Gasteiger partial charge is 0.503 e. The number of aromatic nitrogens is 1. The molecule has 1 radical (unpaired) electrons. The fraction of sp³-hybridized carbons (Fsp3) is 0. The van der Waals surface area contributed by atoms with Gasteiger partial charge in [0, 0.05) is 11.6 Å². The standard InChI is InChI=1S/C9H5ClFNO.Cu/c10-6-4-7(11)9(13)8-5(6)2-1-3-12-8;/h1-4,13H;/q;+2/i11-1;. The Bertz CT molecular complexity index is 478. The normalized spacial score (nSPS) is 9.86. The summed E-state index contributed by atoms with van der Waals surface area (Å²) in [7, 11) is 0. The van der Waals surface area contributed by atoms with E-state index in [9.17, 15) is 9.50 Å². The predicted octanol–water partition coefficient (Wildman–Crippen LogP) is 2.73. The van der Waals surface area contributed by atoms with Crippen molar-refractivity contribution in [1.82, 2.24) is 4.98 Å². The minimum absolute atomic E-state index is 0. The predicted molar refractivity (Wildman–Crippen MR) is 48.4 cm³/mol. The number of pyridine rings is 1. The molecule has 0 aliphatic heterocycles. The van der Waals surface area contributed by atoms with Gasteiger partial charge in [-0.3, -0.25) is 4.98 Å². The third kappa shape index (κ3) is 1.69. The molecular weight excluding hydrogens is 255 g/mol. The Morgan fingerprint density at radius 1 is 1.43 bits per heavy atom. The zero-order chi connectivity index (χ0) is 9.42. The fourth-order valence-electron chi connectivity index (χ4n) is 1.16. The molecule has 75 valence electrons. The number of phenolic OH excluding ortho intramolecular Hbond substituents is 1. The van der Waals surface area contributed by atoms with E-state index in [1.807, 2.05) is 0 Å². The molecule has 2 nitrogen and oxygen atoms in total. The average Bonchev–Trinajstić information content (AvgIpc) is 2.15. The summed E-state index contributed by atoms with van der Waals surface area (Å²) < 4.78 is 12.9. The third-order valence-electron chi connectivity index (χ3n) is 1.77. The minimum atomic E-state index is -0.754. The van der Waals surface area contributed by atoms with E-state index >= 15 is 0 Å². The number of halogens is 2. The molecule has 2 rings (SSSR count). The van der Waals surface area contributed by atoms with Crippen molar-refractivity contribution in [2.75, 3.05) is 0 Å². The van der Waals surface area contributed by atoms with Gasteiger partial charge in [-0.05, 0) is 18.2 Å². The Balaban J connectivity index is 0.000000980. The summed E-state index contributed by atoms with van der Waals surface area (Å²) in [4.78, 5) is 3.83. The minimum Gasteiger partial charge on any atom is -0.503 e. The van der Waals surface area contributed by atoms with E-state index < -0.39 is 11.6 Å². The summed E-state index contributed by atoms with van der Waals surface area (Å²) in [6, 6.07) is 4.41.